The lowest BCUT2D eigenvalue weighted by Crippen LogP contribution is -2.65. The molecule has 3 fully saturated rings. The van der Waals surface area contributed by atoms with Gasteiger partial charge in [0.15, 0.2) is 0 Å². The highest BCUT2D eigenvalue weighted by molar-refractivity contribution is 9.10. The predicted molar refractivity (Wildman–Crippen MR) is 168 cm³/mol. The van der Waals surface area contributed by atoms with E-state index in [1.54, 1.807) is 7.11 Å². The second-order valence-electron chi connectivity index (χ2n) is 12.0. The molecule has 9 heteroatoms. The van der Waals surface area contributed by atoms with E-state index in [4.69, 9.17) is 21.1 Å². The zero-order valence-electron chi connectivity index (χ0n) is 24.4. The van der Waals surface area contributed by atoms with Gasteiger partial charge in [0.2, 0.25) is 0 Å². The molecule has 0 aliphatic carbocycles. The number of halogens is 2. The first-order valence-corrected chi connectivity index (χ1v) is 16.3. The number of methoxy groups -OCH3 is 2. The van der Waals surface area contributed by atoms with Crippen LogP contribution < -0.4 is 4.74 Å². The van der Waals surface area contributed by atoms with Gasteiger partial charge in [0.05, 0.1) is 19.7 Å². The van der Waals surface area contributed by atoms with E-state index in [0.29, 0.717) is 48.0 Å². The monoisotopic (exact) mass is 655 g/mol. The maximum atomic E-state index is 14.8. The zero-order valence-corrected chi connectivity index (χ0v) is 26.7. The van der Waals surface area contributed by atoms with E-state index in [-0.39, 0.29) is 17.9 Å². The summed E-state index contributed by atoms with van der Waals surface area (Å²) in [5, 5.41) is 1.62. The summed E-state index contributed by atoms with van der Waals surface area (Å²) in [6.07, 6.45) is 6.52. The molecule has 1 aromatic heterocycles. The van der Waals surface area contributed by atoms with E-state index in [2.05, 4.69) is 30.3 Å². The molecule has 1 amide bonds. The quantitative estimate of drug-likeness (QED) is 0.251. The van der Waals surface area contributed by atoms with Gasteiger partial charge in [0, 0.05) is 46.5 Å². The van der Waals surface area contributed by atoms with Crippen molar-refractivity contribution < 1.29 is 19.1 Å². The molecule has 2 aromatic carbocycles. The number of carbonyl (C=O) groups excluding carboxylic acids is 2. The number of benzene rings is 2. The van der Waals surface area contributed by atoms with Crippen molar-refractivity contribution in [2.75, 3.05) is 33.9 Å². The first-order chi connectivity index (χ1) is 20.4. The van der Waals surface area contributed by atoms with E-state index >= 15 is 0 Å². The fourth-order valence-corrected chi connectivity index (χ4v) is 8.39. The molecular weight excluding hydrogens is 618 g/mol. The van der Waals surface area contributed by atoms with Crippen molar-refractivity contribution in [3.63, 3.8) is 0 Å². The summed E-state index contributed by atoms with van der Waals surface area (Å²) in [7, 11) is 3.10. The minimum atomic E-state index is -0.189. The molecule has 0 radical (unpaired) electrons. The minimum absolute atomic E-state index is 0.0607. The van der Waals surface area contributed by atoms with Crippen LogP contribution in [0, 0.1) is 11.8 Å². The predicted octanol–water partition coefficient (Wildman–Crippen LogP) is 6.77. The van der Waals surface area contributed by atoms with Crippen molar-refractivity contribution in [3.8, 4) is 5.75 Å². The first kappa shape index (κ1) is 29.5. The molecule has 42 heavy (non-hydrogen) atoms. The number of amides is 1. The third-order valence-electron chi connectivity index (χ3n) is 9.71. The van der Waals surface area contributed by atoms with E-state index < -0.39 is 0 Å². The maximum absolute atomic E-state index is 14.8. The number of nitrogens with zero attached hydrogens (tertiary/aromatic N) is 3. The van der Waals surface area contributed by atoms with Crippen LogP contribution in [0.15, 0.2) is 46.9 Å². The highest BCUT2D eigenvalue weighted by Crippen LogP contribution is 2.44. The van der Waals surface area contributed by atoms with E-state index in [9.17, 15) is 9.59 Å². The standard InChI is InChI=1S/C33H39BrClN3O4/c1-41-25-12-13-27(34)23(16-25)20-37-29-18-24(35)11-10-21(29)17-30(37)33(40)38-19-22-6-4-14-36-15-5-7-26(32(22)36)28(38)8-3-9-31(39)42-2/h10-13,16-18,22,26,28,32H,3-9,14-15,19-20H2,1-2H3/t22-,26+,28+,32-/m0/s1. The molecule has 3 aliphatic heterocycles. The number of rotatable bonds is 8. The second kappa shape index (κ2) is 12.6. The molecule has 3 aromatic rings. The highest BCUT2D eigenvalue weighted by Gasteiger charge is 2.49. The summed E-state index contributed by atoms with van der Waals surface area (Å²) in [5.41, 5.74) is 2.62. The Labute approximate surface area is 261 Å². The molecule has 224 valence electrons. The molecule has 0 spiro atoms. The molecule has 0 unspecified atom stereocenters. The largest absolute Gasteiger partial charge is 0.497 e. The van der Waals surface area contributed by atoms with Gasteiger partial charge in [-0.05, 0) is 105 Å². The Kier molecular flexibility index (Phi) is 8.85. The average Bonchev–Trinajstić information content (AvgIpc) is 3.35. The fraction of sp³-hybridized carbons (Fsp3) is 0.515. The van der Waals surface area contributed by atoms with Crippen LogP contribution in [0.4, 0.5) is 0 Å². The Hall–Kier alpha value is -2.55. The van der Waals surface area contributed by atoms with Gasteiger partial charge in [-0.3, -0.25) is 14.5 Å². The van der Waals surface area contributed by atoms with Crippen LogP contribution in [-0.2, 0) is 16.1 Å². The third kappa shape index (κ3) is 5.70. The lowest BCUT2D eigenvalue weighted by Gasteiger charge is -2.57. The number of likely N-dealkylation sites (tertiary alicyclic amines) is 1. The summed E-state index contributed by atoms with van der Waals surface area (Å²) in [6.45, 7) is 3.56. The van der Waals surface area contributed by atoms with Crippen molar-refractivity contribution in [3.05, 3.63) is 63.2 Å². The van der Waals surface area contributed by atoms with Crippen molar-refractivity contribution in [2.24, 2.45) is 11.8 Å². The van der Waals surface area contributed by atoms with Gasteiger partial charge in [-0.1, -0.05) is 33.6 Å². The van der Waals surface area contributed by atoms with Gasteiger partial charge in [-0.15, -0.1) is 0 Å². The van der Waals surface area contributed by atoms with E-state index in [1.807, 2.05) is 42.5 Å². The van der Waals surface area contributed by atoms with Crippen molar-refractivity contribution >= 4 is 50.3 Å². The van der Waals surface area contributed by atoms with Gasteiger partial charge in [-0.2, -0.15) is 0 Å². The SMILES string of the molecule is COC(=O)CCC[C@@H]1[C@H]2CCCN3CCC[C@@H](CN1C(=O)c1cc4ccc(Cl)cc4n1Cc1cc(OC)ccc1Br)[C@@H]23. The third-order valence-corrected chi connectivity index (χ3v) is 10.7. The molecule has 7 nitrogen and oxygen atoms in total. The number of esters is 1. The first-order valence-electron chi connectivity index (χ1n) is 15.1. The van der Waals surface area contributed by atoms with E-state index in [1.165, 1.54) is 13.5 Å². The van der Waals surface area contributed by atoms with Gasteiger partial charge in [0.25, 0.3) is 5.91 Å². The number of hydrogen-bond donors (Lipinski definition) is 0. The van der Waals surface area contributed by atoms with Crippen molar-refractivity contribution in [2.45, 2.75) is 63.6 Å². The summed E-state index contributed by atoms with van der Waals surface area (Å²) >= 11 is 10.2. The zero-order chi connectivity index (χ0) is 29.4. The smallest absolute Gasteiger partial charge is 0.305 e. The number of fused-ring (bicyclic) bond motifs is 1. The molecule has 4 heterocycles. The Morgan fingerprint density at radius 2 is 1.86 bits per heavy atom. The molecule has 0 saturated carbocycles. The molecule has 4 atom stereocenters. The summed E-state index contributed by atoms with van der Waals surface area (Å²) in [4.78, 5) is 31.7. The Bertz CT molecular complexity index is 1470. The Morgan fingerprint density at radius 1 is 1.05 bits per heavy atom. The van der Waals surface area contributed by atoms with Gasteiger partial charge in [-0.25, -0.2) is 0 Å². The molecule has 3 aliphatic rings. The summed E-state index contributed by atoms with van der Waals surface area (Å²) in [5.74, 6) is 1.53. The van der Waals surface area contributed by atoms with Gasteiger partial charge < -0.3 is 18.9 Å². The second-order valence-corrected chi connectivity index (χ2v) is 13.3. The normalized spacial score (nSPS) is 24.0. The molecular formula is C33H39BrClN3O4. The van der Waals surface area contributed by atoms with Crippen LogP contribution in [0.2, 0.25) is 5.02 Å². The fourth-order valence-electron chi connectivity index (χ4n) is 7.85. The van der Waals surface area contributed by atoms with Crippen LogP contribution in [0.1, 0.15) is 61.0 Å². The number of carbonyl (C=O) groups is 2. The topological polar surface area (TPSA) is 64.0 Å². The van der Waals surface area contributed by atoms with Crippen LogP contribution in [0.3, 0.4) is 0 Å². The molecule has 0 N–H and O–H groups in total. The number of ether oxygens (including phenoxy) is 2. The van der Waals surface area contributed by atoms with Crippen LogP contribution >= 0.6 is 27.5 Å². The number of aromatic nitrogens is 1. The molecule has 0 bridgehead atoms. The number of piperidine rings is 3. The van der Waals surface area contributed by atoms with Gasteiger partial charge >= 0.3 is 5.97 Å². The van der Waals surface area contributed by atoms with Crippen molar-refractivity contribution in [1.29, 1.82) is 0 Å². The lowest BCUT2D eigenvalue weighted by molar-refractivity contribution is -0.140. The van der Waals surface area contributed by atoms with Crippen LogP contribution in [0.25, 0.3) is 10.9 Å². The van der Waals surface area contributed by atoms with E-state index in [0.717, 1.165) is 72.0 Å². The van der Waals surface area contributed by atoms with Crippen molar-refractivity contribution in [1.82, 2.24) is 14.4 Å². The molecule has 6 rings (SSSR count). The number of hydrogen-bond acceptors (Lipinski definition) is 5. The van der Waals surface area contributed by atoms with Crippen LogP contribution in [0.5, 0.6) is 5.75 Å². The van der Waals surface area contributed by atoms with Crippen LogP contribution in [-0.4, -0.2) is 72.2 Å². The Morgan fingerprint density at radius 3 is 2.64 bits per heavy atom. The lowest BCUT2D eigenvalue weighted by atomic mass is 9.69. The van der Waals surface area contributed by atoms with Gasteiger partial charge in [0.1, 0.15) is 11.4 Å². The average molecular weight is 657 g/mol. The summed E-state index contributed by atoms with van der Waals surface area (Å²) in [6, 6.07) is 14.4. The Balaban J connectivity index is 1.39. The maximum Gasteiger partial charge on any atom is 0.305 e. The summed E-state index contributed by atoms with van der Waals surface area (Å²) < 4.78 is 13.5. The minimum Gasteiger partial charge on any atom is -0.497 e. The highest BCUT2D eigenvalue weighted by atomic mass is 79.9. The molecule has 3 saturated heterocycles.